The van der Waals surface area contributed by atoms with Crippen LogP contribution in [0, 0.1) is 10.1 Å². The van der Waals surface area contributed by atoms with Crippen LogP contribution >= 0.6 is 0 Å². The lowest BCUT2D eigenvalue weighted by Crippen LogP contribution is -1.87. The second kappa shape index (κ2) is 4.49. The lowest BCUT2D eigenvalue weighted by molar-refractivity contribution is -0.384. The molecular formula is C15H10N2O2. The number of aliphatic imine (C=N–C) groups is 1. The molecule has 92 valence electrons. The third-order valence-corrected chi connectivity index (χ3v) is 2.98. The summed E-state index contributed by atoms with van der Waals surface area (Å²) >= 11 is 0. The molecule has 0 bridgehead atoms. The van der Waals surface area contributed by atoms with Crippen LogP contribution in [0.25, 0.3) is 11.6 Å². The fourth-order valence-corrected chi connectivity index (χ4v) is 2.03. The minimum absolute atomic E-state index is 0.0997. The molecule has 2 aromatic carbocycles. The minimum atomic E-state index is -0.400. The van der Waals surface area contributed by atoms with E-state index in [0.717, 1.165) is 22.4 Å². The Morgan fingerprint density at radius 1 is 1.05 bits per heavy atom. The van der Waals surface area contributed by atoms with Gasteiger partial charge in [0.05, 0.1) is 10.6 Å². The van der Waals surface area contributed by atoms with E-state index in [1.165, 1.54) is 12.1 Å². The number of nitro benzene ring substituents is 1. The van der Waals surface area contributed by atoms with Crippen LogP contribution in [0.2, 0.25) is 0 Å². The zero-order valence-corrected chi connectivity index (χ0v) is 9.98. The summed E-state index contributed by atoms with van der Waals surface area (Å²) in [6.45, 7) is 0. The number of non-ortho nitro benzene ring substituents is 1. The van der Waals surface area contributed by atoms with E-state index in [1.807, 2.05) is 36.6 Å². The van der Waals surface area contributed by atoms with Crippen molar-refractivity contribution in [3.05, 3.63) is 69.8 Å². The zero-order chi connectivity index (χ0) is 13.2. The predicted octanol–water partition coefficient (Wildman–Crippen LogP) is 3.85. The van der Waals surface area contributed by atoms with Gasteiger partial charge in [-0.2, -0.15) is 0 Å². The van der Waals surface area contributed by atoms with Gasteiger partial charge in [-0.15, -0.1) is 0 Å². The molecule has 0 aromatic heterocycles. The Kier molecular flexibility index (Phi) is 2.68. The summed E-state index contributed by atoms with van der Waals surface area (Å²) in [6.07, 6.45) is 3.78. The third-order valence-electron chi connectivity index (χ3n) is 2.98. The van der Waals surface area contributed by atoms with Crippen molar-refractivity contribution in [1.82, 2.24) is 0 Å². The topological polar surface area (TPSA) is 55.5 Å². The zero-order valence-electron chi connectivity index (χ0n) is 9.98. The lowest BCUT2D eigenvalue weighted by atomic mass is 10.0. The van der Waals surface area contributed by atoms with E-state index >= 15 is 0 Å². The van der Waals surface area contributed by atoms with Crippen LogP contribution in [0.5, 0.6) is 0 Å². The van der Waals surface area contributed by atoms with Crippen molar-refractivity contribution in [2.45, 2.75) is 0 Å². The van der Waals surface area contributed by atoms with Gasteiger partial charge >= 0.3 is 0 Å². The summed E-state index contributed by atoms with van der Waals surface area (Å²) in [6, 6.07) is 14.4. The number of rotatable bonds is 2. The first-order chi connectivity index (χ1) is 9.24. The number of nitro groups is 1. The van der Waals surface area contributed by atoms with E-state index in [9.17, 15) is 10.1 Å². The van der Waals surface area contributed by atoms with E-state index in [-0.39, 0.29) is 5.69 Å². The molecule has 19 heavy (non-hydrogen) atoms. The highest BCUT2D eigenvalue weighted by atomic mass is 16.6. The Bertz CT molecular complexity index is 700. The van der Waals surface area contributed by atoms with Gasteiger partial charge in [-0.3, -0.25) is 15.1 Å². The molecule has 0 saturated carbocycles. The van der Waals surface area contributed by atoms with Gasteiger partial charge in [-0.05, 0) is 29.8 Å². The van der Waals surface area contributed by atoms with Gasteiger partial charge in [0.15, 0.2) is 0 Å². The highest BCUT2D eigenvalue weighted by Gasteiger charge is 2.11. The SMILES string of the molecule is O=[N+]([O-])c1ccc(/C=C2\C=Nc3ccccc32)cc1. The first kappa shape index (κ1) is 11.3. The molecule has 4 heteroatoms. The maximum Gasteiger partial charge on any atom is 0.269 e. The average Bonchev–Trinajstić information content (AvgIpc) is 2.83. The lowest BCUT2D eigenvalue weighted by Gasteiger charge is -1.99. The van der Waals surface area contributed by atoms with Crippen molar-refractivity contribution >= 4 is 29.2 Å². The number of benzene rings is 2. The maximum atomic E-state index is 10.6. The maximum absolute atomic E-state index is 10.6. The summed E-state index contributed by atoms with van der Waals surface area (Å²) in [4.78, 5) is 14.5. The van der Waals surface area contributed by atoms with Crippen molar-refractivity contribution in [3.63, 3.8) is 0 Å². The summed E-state index contributed by atoms with van der Waals surface area (Å²) in [7, 11) is 0. The molecule has 0 unspecified atom stereocenters. The second-order valence-corrected chi connectivity index (χ2v) is 4.22. The first-order valence-electron chi connectivity index (χ1n) is 5.84. The predicted molar refractivity (Wildman–Crippen MR) is 75.6 cm³/mol. The Balaban J connectivity index is 1.95. The van der Waals surface area contributed by atoms with Crippen molar-refractivity contribution in [3.8, 4) is 0 Å². The van der Waals surface area contributed by atoms with Gasteiger partial charge in [0.25, 0.3) is 5.69 Å². The van der Waals surface area contributed by atoms with Crippen LogP contribution in [-0.4, -0.2) is 11.1 Å². The van der Waals surface area contributed by atoms with Crippen LogP contribution in [0.3, 0.4) is 0 Å². The summed E-state index contributed by atoms with van der Waals surface area (Å²) in [5, 5.41) is 10.6. The largest absolute Gasteiger partial charge is 0.269 e. The van der Waals surface area contributed by atoms with Crippen molar-refractivity contribution in [1.29, 1.82) is 0 Å². The number of hydrogen-bond donors (Lipinski definition) is 0. The molecule has 1 aliphatic rings. The molecule has 0 saturated heterocycles. The Labute approximate surface area is 109 Å². The fourth-order valence-electron chi connectivity index (χ4n) is 2.03. The standard InChI is InChI=1S/C15H10N2O2/c18-17(19)13-7-5-11(6-8-13)9-12-10-16-15-4-2-1-3-14(12)15/h1-10H/b12-9+. The smallest absolute Gasteiger partial charge is 0.258 e. The molecule has 0 amide bonds. The van der Waals surface area contributed by atoms with Crippen LogP contribution in [0.15, 0.2) is 53.5 Å². The highest BCUT2D eigenvalue weighted by molar-refractivity contribution is 6.21. The van der Waals surface area contributed by atoms with Gasteiger partial charge < -0.3 is 0 Å². The molecule has 0 spiro atoms. The molecule has 0 aliphatic carbocycles. The molecule has 0 fully saturated rings. The van der Waals surface area contributed by atoms with E-state index in [0.29, 0.717) is 0 Å². The van der Waals surface area contributed by atoms with E-state index in [4.69, 9.17) is 0 Å². The Morgan fingerprint density at radius 3 is 2.53 bits per heavy atom. The molecule has 0 N–H and O–H groups in total. The number of allylic oxidation sites excluding steroid dienone is 1. The van der Waals surface area contributed by atoms with Gasteiger partial charge in [0.1, 0.15) is 0 Å². The fraction of sp³-hybridized carbons (Fsp3) is 0. The Hall–Kier alpha value is -2.75. The number of fused-ring (bicyclic) bond motifs is 1. The average molecular weight is 250 g/mol. The number of para-hydroxylation sites is 1. The van der Waals surface area contributed by atoms with Gasteiger partial charge in [-0.1, -0.05) is 18.2 Å². The second-order valence-electron chi connectivity index (χ2n) is 4.22. The monoisotopic (exact) mass is 250 g/mol. The van der Waals surface area contributed by atoms with E-state index < -0.39 is 4.92 Å². The first-order valence-corrected chi connectivity index (χ1v) is 5.84. The van der Waals surface area contributed by atoms with Crippen molar-refractivity contribution in [2.75, 3.05) is 0 Å². The summed E-state index contributed by atoms with van der Waals surface area (Å²) in [5.41, 5.74) is 4.08. The van der Waals surface area contributed by atoms with Crippen LogP contribution in [0.1, 0.15) is 11.1 Å². The molecule has 4 nitrogen and oxygen atoms in total. The molecule has 2 aromatic rings. The van der Waals surface area contributed by atoms with Crippen LogP contribution in [0.4, 0.5) is 11.4 Å². The van der Waals surface area contributed by atoms with Gasteiger partial charge in [0.2, 0.25) is 0 Å². The van der Waals surface area contributed by atoms with Gasteiger partial charge in [0, 0.05) is 29.5 Å². The van der Waals surface area contributed by atoms with Crippen molar-refractivity contribution in [2.24, 2.45) is 4.99 Å². The number of hydrogen-bond acceptors (Lipinski definition) is 3. The Morgan fingerprint density at radius 2 is 1.79 bits per heavy atom. The molecule has 1 aliphatic heterocycles. The molecule has 0 radical (unpaired) electrons. The summed E-state index contributed by atoms with van der Waals surface area (Å²) in [5.74, 6) is 0. The molecule has 0 atom stereocenters. The van der Waals surface area contributed by atoms with Crippen LogP contribution in [-0.2, 0) is 0 Å². The van der Waals surface area contributed by atoms with E-state index in [1.54, 1.807) is 12.1 Å². The molecular weight excluding hydrogens is 240 g/mol. The minimum Gasteiger partial charge on any atom is -0.258 e. The van der Waals surface area contributed by atoms with E-state index in [2.05, 4.69) is 4.99 Å². The summed E-state index contributed by atoms with van der Waals surface area (Å²) < 4.78 is 0. The highest BCUT2D eigenvalue weighted by Crippen LogP contribution is 2.32. The molecule has 1 heterocycles. The quantitative estimate of drug-likeness (QED) is 0.600. The normalized spacial score (nSPS) is 14.6. The van der Waals surface area contributed by atoms with Crippen molar-refractivity contribution < 1.29 is 4.92 Å². The third kappa shape index (κ3) is 2.15. The van der Waals surface area contributed by atoms with Gasteiger partial charge in [-0.25, -0.2) is 0 Å². The number of nitrogens with zero attached hydrogens (tertiary/aromatic N) is 2. The molecule has 3 rings (SSSR count). The van der Waals surface area contributed by atoms with Crippen LogP contribution < -0.4 is 0 Å².